The van der Waals surface area contributed by atoms with Crippen LogP contribution < -0.4 is 15.4 Å². The van der Waals surface area contributed by atoms with E-state index in [-0.39, 0.29) is 17.1 Å². The van der Waals surface area contributed by atoms with Crippen molar-refractivity contribution >= 4 is 17.3 Å². The molecule has 2 aromatic carbocycles. The molecule has 2 heterocycles. The standard InChI is InChI=1S/C29H34FN5O2/c1-17-11-19(12-24(30)27(17)28(36)34-20-15-35(16-20)29(3,4)5)25-13-22(9-10-33-25)37-21-7-8-23(18(2)31)26(14-21)32-6/h7-14,20,31-32H,15-16H2,1-6H3,(H,34,36). The number of hydrogen-bond donors (Lipinski definition) is 3. The maximum Gasteiger partial charge on any atom is 0.254 e. The van der Waals surface area contributed by atoms with E-state index in [1.54, 1.807) is 51.4 Å². The Bertz CT molecular complexity index is 1320. The lowest BCUT2D eigenvalue weighted by atomic mass is 9.96. The van der Waals surface area contributed by atoms with Crippen LogP contribution in [0.1, 0.15) is 49.2 Å². The van der Waals surface area contributed by atoms with Gasteiger partial charge in [-0.2, -0.15) is 0 Å². The number of nitrogens with one attached hydrogen (secondary N) is 3. The largest absolute Gasteiger partial charge is 0.457 e. The van der Waals surface area contributed by atoms with E-state index in [4.69, 9.17) is 10.1 Å². The topological polar surface area (TPSA) is 90.3 Å². The first-order valence-corrected chi connectivity index (χ1v) is 12.3. The summed E-state index contributed by atoms with van der Waals surface area (Å²) in [6.07, 6.45) is 1.60. The van der Waals surface area contributed by atoms with Crippen LogP contribution in [0, 0.1) is 18.2 Å². The fourth-order valence-electron chi connectivity index (χ4n) is 4.44. The van der Waals surface area contributed by atoms with Crippen LogP contribution in [-0.4, -0.2) is 53.2 Å². The van der Waals surface area contributed by atoms with E-state index >= 15 is 4.39 Å². The van der Waals surface area contributed by atoms with Crippen molar-refractivity contribution in [2.24, 2.45) is 0 Å². The molecule has 0 radical (unpaired) electrons. The first kappa shape index (κ1) is 26.3. The number of likely N-dealkylation sites (tertiary alicyclic amines) is 1. The number of carbonyl (C=O) groups is 1. The molecule has 0 bridgehead atoms. The van der Waals surface area contributed by atoms with Crippen molar-refractivity contribution in [3.05, 3.63) is 71.2 Å². The monoisotopic (exact) mass is 503 g/mol. The average Bonchev–Trinajstić information content (AvgIpc) is 2.79. The van der Waals surface area contributed by atoms with Gasteiger partial charge in [-0.15, -0.1) is 0 Å². The fourth-order valence-corrected chi connectivity index (χ4v) is 4.44. The lowest BCUT2D eigenvalue weighted by Gasteiger charge is -2.47. The Hall–Kier alpha value is -3.78. The molecule has 0 saturated carbocycles. The SMILES string of the molecule is CNc1cc(Oc2ccnc(-c3cc(C)c(C(=O)NC4CN(C(C)(C)C)C4)c(F)c3)c2)ccc1C(C)=N. The number of amides is 1. The fraction of sp³-hybridized carbons (Fsp3) is 0.345. The number of benzene rings is 2. The Kier molecular flexibility index (Phi) is 7.32. The van der Waals surface area contributed by atoms with Crippen molar-refractivity contribution in [1.29, 1.82) is 5.41 Å². The summed E-state index contributed by atoms with van der Waals surface area (Å²) in [6.45, 7) is 11.4. The number of ether oxygens (including phenoxy) is 1. The molecule has 0 unspecified atom stereocenters. The summed E-state index contributed by atoms with van der Waals surface area (Å²) in [5.41, 5.74) is 3.79. The predicted octanol–water partition coefficient (Wildman–Crippen LogP) is 5.63. The highest BCUT2D eigenvalue weighted by Gasteiger charge is 2.35. The zero-order valence-corrected chi connectivity index (χ0v) is 22.2. The van der Waals surface area contributed by atoms with Crippen molar-refractivity contribution in [1.82, 2.24) is 15.2 Å². The predicted molar refractivity (Wildman–Crippen MR) is 146 cm³/mol. The second-order valence-corrected chi connectivity index (χ2v) is 10.5. The number of carbonyl (C=O) groups excluding carboxylic acids is 1. The molecule has 3 N–H and O–H groups in total. The molecule has 7 nitrogen and oxygen atoms in total. The summed E-state index contributed by atoms with van der Waals surface area (Å²) in [7, 11) is 1.80. The summed E-state index contributed by atoms with van der Waals surface area (Å²) in [4.78, 5) is 19.5. The van der Waals surface area contributed by atoms with Crippen LogP contribution in [0.25, 0.3) is 11.3 Å². The second kappa shape index (κ2) is 10.3. The van der Waals surface area contributed by atoms with Gasteiger partial charge < -0.3 is 20.8 Å². The Labute approximate surface area is 217 Å². The van der Waals surface area contributed by atoms with Gasteiger partial charge >= 0.3 is 0 Å². The third-order valence-electron chi connectivity index (χ3n) is 6.61. The van der Waals surface area contributed by atoms with E-state index in [0.717, 1.165) is 24.3 Å². The van der Waals surface area contributed by atoms with E-state index in [1.807, 2.05) is 12.1 Å². The number of nitrogens with zero attached hydrogens (tertiary/aromatic N) is 2. The van der Waals surface area contributed by atoms with Crippen LogP contribution in [0.3, 0.4) is 0 Å². The molecular weight excluding hydrogens is 469 g/mol. The Morgan fingerprint density at radius 3 is 2.46 bits per heavy atom. The van der Waals surface area contributed by atoms with Gasteiger partial charge in [0.15, 0.2) is 0 Å². The lowest BCUT2D eigenvalue weighted by molar-refractivity contribution is 0.0330. The van der Waals surface area contributed by atoms with Gasteiger partial charge in [0, 0.05) is 66.5 Å². The third-order valence-corrected chi connectivity index (χ3v) is 6.61. The second-order valence-electron chi connectivity index (χ2n) is 10.5. The third kappa shape index (κ3) is 5.80. The van der Waals surface area contributed by atoms with Crippen LogP contribution in [0.15, 0.2) is 48.7 Å². The molecule has 1 fully saturated rings. The van der Waals surface area contributed by atoms with Gasteiger partial charge in [0.25, 0.3) is 5.91 Å². The summed E-state index contributed by atoms with van der Waals surface area (Å²) in [6, 6.07) is 12.0. The number of halogens is 1. The van der Waals surface area contributed by atoms with Crippen molar-refractivity contribution in [3.63, 3.8) is 0 Å². The van der Waals surface area contributed by atoms with Gasteiger partial charge in [-0.05, 0) is 70.5 Å². The Balaban J connectivity index is 1.50. The van der Waals surface area contributed by atoms with Crippen LogP contribution in [0.2, 0.25) is 0 Å². The van der Waals surface area contributed by atoms with E-state index in [1.165, 1.54) is 6.07 Å². The molecule has 194 valence electrons. The Morgan fingerprint density at radius 2 is 1.84 bits per heavy atom. The highest BCUT2D eigenvalue weighted by Crippen LogP contribution is 2.31. The minimum atomic E-state index is -0.580. The van der Waals surface area contributed by atoms with Crippen molar-refractivity contribution < 1.29 is 13.9 Å². The molecule has 3 aromatic rings. The molecule has 0 aliphatic carbocycles. The number of rotatable bonds is 7. The number of hydrogen-bond acceptors (Lipinski definition) is 6. The molecule has 1 aliphatic rings. The number of anilines is 1. The van der Waals surface area contributed by atoms with Gasteiger partial charge in [0.1, 0.15) is 17.3 Å². The number of pyridine rings is 1. The molecular formula is C29H34FN5O2. The van der Waals surface area contributed by atoms with Crippen LogP contribution in [-0.2, 0) is 0 Å². The molecule has 1 amide bonds. The molecule has 37 heavy (non-hydrogen) atoms. The van der Waals surface area contributed by atoms with Gasteiger partial charge in [-0.25, -0.2) is 4.39 Å². The maximum absolute atomic E-state index is 15.2. The number of aromatic nitrogens is 1. The minimum absolute atomic E-state index is 0.0149. The smallest absolute Gasteiger partial charge is 0.254 e. The summed E-state index contributed by atoms with van der Waals surface area (Å²) in [5.74, 6) is 0.166. The normalized spacial score (nSPS) is 14.1. The molecule has 0 spiro atoms. The van der Waals surface area contributed by atoms with Crippen LogP contribution in [0.5, 0.6) is 11.5 Å². The minimum Gasteiger partial charge on any atom is -0.457 e. The summed E-state index contributed by atoms with van der Waals surface area (Å²) < 4.78 is 21.2. The maximum atomic E-state index is 15.2. The zero-order chi connectivity index (χ0) is 26.9. The quantitative estimate of drug-likeness (QED) is 0.364. The van der Waals surface area contributed by atoms with Crippen molar-refractivity contribution in [2.45, 2.75) is 46.2 Å². The first-order chi connectivity index (χ1) is 17.5. The van der Waals surface area contributed by atoms with E-state index in [0.29, 0.717) is 34.0 Å². The lowest BCUT2D eigenvalue weighted by Crippen LogP contribution is -2.64. The molecule has 1 aromatic heterocycles. The van der Waals surface area contributed by atoms with Crippen molar-refractivity contribution in [2.75, 3.05) is 25.5 Å². The first-order valence-electron chi connectivity index (χ1n) is 12.3. The summed E-state index contributed by atoms with van der Waals surface area (Å²) in [5, 5.41) is 13.9. The van der Waals surface area contributed by atoms with Gasteiger partial charge in [0.05, 0.1) is 17.3 Å². The molecule has 1 aliphatic heterocycles. The van der Waals surface area contributed by atoms with Crippen LogP contribution >= 0.6 is 0 Å². The highest BCUT2D eigenvalue weighted by molar-refractivity contribution is 6.01. The molecule has 4 rings (SSSR count). The molecule has 0 atom stereocenters. The average molecular weight is 504 g/mol. The van der Waals surface area contributed by atoms with E-state index in [2.05, 4.69) is 41.3 Å². The van der Waals surface area contributed by atoms with Gasteiger partial charge in [-0.1, -0.05) is 0 Å². The van der Waals surface area contributed by atoms with Gasteiger partial charge in [-0.3, -0.25) is 14.7 Å². The highest BCUT2D eigenvalue weighted by atomic mass is 19.1. The van der Waals surface area contributed by atoms with E-state index < -0.39 is 11.7 Å². The Morgan fingerprint density at radius 1 is 1.14 bits per heavy atom. The van der Waals surface area contributed by atoms with Crippen molar-refractivity contribution in [3.8, 4) is 22.8 Å². The van der Waals surface area contributed by atoms with Gasteiger partial charge in [0.2, 0.25) is 0 Å². The van der Waals surface area contributed by atoms with Crippen LogP contribution in [0.4, 0.5) is 10.1 Å². The van der Waals surface area contributed by atoms with E-state index in [9.17, 15) is 4.79 Å². The number of aryl methyl sites for hydroxylation is 1. The zero-order valence-electron chi connectivity index (χ0n) is 22.2. The molecule has 8 heteroatoms. The summed E-state index contributed by atoms with van der Waals surface area (Å²) >= 11 is 0. The molecule has 1 saturated heterocycles.